The van der Waals surface area contributed by atoms with E-state index in [-0.39, 0.29) is 22.8 Å². The van der Waals surface area contributed by atoms with Gasteiger partial charge in [0.05, 0.1) is 22.6 Å². The van der Waals surface area contributed by atoms with Gasteiger partial charge in [0, 0.05) is 18.0 Å². The smallest absolute Gasteiger partial charge is 0.302 e. The molecule has 2 aromatic carbocycles. The number of fused-ring (bicyclic) bond motifs is 1. The van der Waals surface area contributed by atoms with Gasteiger partial charge in [0.15, 0.2) is 0 Å². The zero-order chi connectivity index (χ0) is 23.3. The summed E-state index contributed by atoms with van der Waals surface area (Å²) in [5, 5.41) is 11.1. The van der Waals surface area contributed by atoms with E-state index in [0.717, 1.165) is 5.56 Å². The number of hydrogen-bond donors (Lipinski definition) is 2. The minimum absolute atomic E-state index is 0.115. The second-order valence-corrected chi connectivity index (χ2v) is 8.00. The standard InChI is InChI=1S/C25H19FN4O3/c1-13-5-8-18-19(10-13)29-25(28-18)30-21(16-4-3-9-27-12-16)20(23(32)24(30)33)22(31)15-6-7-17(26)14(2)11-15/h3-12,21,31H,1-2H3,(H,28,29)/b22-20+. The number of amides is 1. The van der Waals surface area contributed by atoms with E-state index in [1.54, 1.807) is 25.3 Å². The quantitative estimate of drug-likeness (QED) is 0.279. The Morgan fingerprint density at radius 3 is 2.67 bits per heavy atom. The third-order valence-electron chi connectivity index (χ3n) is 5.73. The molecule has 7 nitrogen and oxygen atoms in total. The number of rotatable bonds is 3. The number of hydrogen-bond acceptors (Lipinski definition) is 5. The number of benzene rings is 2. The number of aliphatic hydroxyl groups is 1. The van der Waals surface area contributed by atoms with Crippen molar-refractivity contribution in [2.45, 2.75) is 19.9 Å². The van der Waals surface area contributed by atoms with Gasteiger partial charge in [0.25, 0.3) is 5.78 Å². The van der Waals surface area contributed by atoms with Gasteiger partial charge in [-0.3, -0.25) is 19.5 Å². The number of carbonyl (C=O) groups excluding carboxylic acids is 2. The molecule has 0 aliphatic carbocycles. The first-order chi connectivity index (χ1) is 15.8. The normalized spacial score (nSPS) is 17.8. The average Bonchev–Trinajstić information content (AvgIpc) is 3.33. The molecule has 33 heavy (non-hydrogen) atoms. The van der Waals surface area contributed by atoms with E-state index in [9.17, 15) is 19.1 Å². The molecule has 0 bridgehead atoms. The van der Waals surface area contributed by atoms with Crippen LogP contribution in [0.5, 0.6) is 0 Å². The summed E-state index contributed by atoms with van der Waals surface area (Å²) in [6, 6.07) is 12.1. The molecule has 164 valence electrons. The number of Topliss-reactive ketones (excluding diaryl/α,β-unsaturated/α-hetero) is 1. The van der Waals surface area contributed by atoms with Crippen LogP contribution in [0.3, 0.4) is 0 Å². The second kappa shape index (κ2) is 7.67. The third kappa shape index (κ3) is 3.36. The van der Waals surface area contributed by atoms with Crippen molar-refractivity contribution in [2.75, 3.05) is 4.90 Å². The van der Waals surface area contributed by atoms with E-state index >= 15 is 0 Å². The lowest BCUT2D eigenvalue weighted by atomic mass is 9.96. The molecular weight excluding hydrogens is 423 g/mol. The van der Waals surface area contributed by atoms with Gasteiger partial charge in [-0.25, -0.2) is 9.37 Å². The summed E-state index contributed by atoms with van der Waals surface area (Å²) in [6.45, 7) is 3.49. The first-order valence-electron chi connectivity index (χ1n) is 10.3. The fourth-order valence-corrected chi connectivity index (χ4v) is 4.08. The molecule has 0 radical (unpaired) electrons. The molecule has 0 saturated carbocycles. The highest BCUT2D eigenvalue weighted by atomic mass is 19.1. The minimum Gasteiger partial charge on any atom is -0.507 e. The summed E-state index contributed by atoms with van der Waals surface area (Å²) in [5.41, 5.74) is 3.31. The lowest BCUT2D eigenvalue weighted by Crippen LogP contribution is -2.30. The number of anilines is 1. The second-order valence-electron chi connectivity index (χ2n) is 8.00. The number of aryl methyl sites for hydroxylation is 2. The zero-order valence-corrected chi connectivity index (χ0v) is 17.8. The van der Waals surface area contributed by atoms with E-state index in [2.05, 4.69) is 15.0 Å². The van der Waals surface area contributed by atoms with Gasteiger partial charge in [-0.05, 0) is 66.9 Å². The highest BCUT2D eigenvalue weighted by molar-refractivity contribution is 6.51. The SMILES string of the molecule is Cc1ccc2nc(N3C(=O)C(=O)/C(=C(/O)c4ccc(F)c(C)c4)C3c3cccnc3)[nH]c2c1. The first-order valence-corrected chi connectivity index (χ1v) is 10.3. The zero-order valence-electron chi connectivity index (χ0n) is 17.8. The number of aliphatic hydroxyl groups excluding tert-OH is 1. The largest absolute Gasteiger partial charge is 0.507 e. The van der Waals surface area contributed by atoms with E-state index in [1.807, 2.05) is 25.1 Å². The molecule has 2 N–H and O–H groups in total. The van der Waals surface area contributed by atoms with Gasteiger partial charge in [0.2, 0.25) is 5.95 Å². The molecule has 5 rings (SSSR count). The highest BCUT2D eigenvalue weighted by Gasteiger charge is 2.48. The Labute approximate surface area is 188 Å². The molecule has 2 aromatic heterocycles. The van der Waals surface area contributed by atoms with Crippen LogP contribution in [0.15, 0.2) is 66.5 Å². The summed E-state index contributed by atoms with van der Waals surface area (Å²) in [5.74, 6) is -2.34. The van der Waals surface area contributed by atoms with Crippen molar-refractivity contribution in [3.63, 3.8) is 0 Å². The number of nitrogens with zero attached hydrogens (tertiary/aromatic N) is 3. The molecule has 1 aliphatic rings. The number of aromatic amines is 1. The van der Waals surface area contributed by atoms with Crippen molar-refractivity contribution in [3.8, 4) is 0 Å². The van der Waals surface area contributed by atoms with Crippen LogP contribution in [-0.4, -0.2) is 31.7 Å². The first kappa shape index (κ1) is 20.6. The Morgan fingerprint density at radius 1 is 1.12 bits per heavy atom. The van der Waals surface area contributed by atoms with Crippen LogP contribution in [0.25, 0.3) is 16.8 Å². The van der Waals surface area contributed by atoms with Crippen LogP contribution in [0, 0.1) is 19.7 Å². The van der Waals surface area contributed by atoms with Crippen molar-refractivity contribution >= 4 is 34.4 Å². The number of aromatic nitrogens is 3. The number of H-pyrrole nitrogens is 1. The Morgan fingerprint density at radius 2 is 1.94 bits per heavy atom. The van der Waals surface area contributed by atoms with Crippen LogP contribution in [0.1, 0.15) is 28.3 Å². The van der Waals surface area contributed by atoms with Crippen molar-refractivity contribution in [2.24, 2.45) is 0 Å². The minimum atomic E-state index is -0.967. The molecule has 8 heteroatoms. The maximum Gasteiger partial charge on any atom is 0.302 e. The summed E-state index contributed by atoms with van der Waals surface area (Å²) in [6.07, 6.45) is 3.10. The summed E-state index contributed by atoms with van der Waals surface area (Å²) < 4.78 is 13.8. The van der Waals surface area contributed by atoms with Gasteiger partial charge in [0.1, 0.15) is 11.6 Å². The van der Waals surface area contributed by atoms with Crippen LogP contribution in [0.4, 0.5) is 10.3 Å². The Balaban J connectivity index is 1.73. The molecule has 1 amide bonds. The molecule has 1 atom stereocenters. The maximum atomic E-state index is 13.8. The van der Waals surface area contributed by atoms with E-state index in [1.165, 1.54) is 29.3 Å². The predicted octanol–water partition coefficient (Wildman–Crippen LogP) is 4.34. The van der Waals surface area contributed by atoms with E-state index in [0.29, 0.717) is 22.2 Å². The van der Waals surface area contributed by atoms with Crippen molar-refractivity contribution in [3.05, 3.63) is 94.6 Å². The summed E-state index contributed by atoms with van der Waals surface area (Å²) in [7, 11) is 0. The Bertz CT molecular complexity index is 1460. The van der Waals surface area contributed by atoms with E-state index in [4.69, 9.17) is 0 Å². The van der Waals surface area contributed by atoms with Crippen molar-refractivity contribution < 1.29 is 19.1 Å². The summed E-state index contributed by atoms with van der Waals surface area (Å²) in [4.78, 5) is 39.3. The van der Waals surface area contributed by atoms with Crippen molar-refractivity contribution in [1.29, 1.82) is 0 Å². The van der Waals surface area contributed by atoms with Crippen LogP contribution >= 0.6 is 0 Å². The molecule has 1 saturated heterocycles. The van der Waals surface area contributed by atoms with Gasteiger partial charge in [-0.2, -0.15) is 0 Å². The highest BCUT2D eigenvalue weighted by Crippen LogP contribution is 2.41. The van der Waals surface area contributed by atoms with Gasteiger partial charge >= 0.3 is 5.91 Å². The molecule has 1 aliphatic heterocycles. The van der Waals surface area contributed by atoms with Crippen LogP contribution in [-0.2, 0) is 9.59 Å². The number of nitrogens with one attached hydrogen (secondary N) is 1. The predicted molar refractivity (Wildman–Crippen MR) is 121 cm³/mol. The number of halogens is 1. The fraction of sp³-hybridized carbons (Fsp3) is 0.120. The topological polar surface area (TPSA) is 99.2 Å². The Kier molecular flexibility index (Phi) is 4.78. The fourth-order valence-electron chi connectivity index (χ4n) is 4.08. The molecule has 4 aromatic rings. The van der Waals surface area contributed by atoms with Gasteiger partial charge < -0.3 is 10.1 Å². The average molecular weight is 442 g/mol. The maximum absolute atomic E-state index is 13.8. The lowest BCUT2D eigenvalue weighted by molar-refractivity contribution is -0.132. The Hall–Kier alpha value is -4.33. The summed E-state index contributed by atoms with van der Waals surface area (Å²) >= 11 is 0. The number of ketones is 1. The molecular formula is C25H19FN4O3. The van der Waals surface area contributed by atoms with Crippen LogP contribution < -0.4 is 4.90 Å². The lowest BCUT2D eigenvalue weighted by Gasteiger charge is -2.22. The van der Waals surface area contributed by atoms with Crippen molar-refractivity contribution in [1.82, 2.24) is 15.0 Å². The third-order valence-corrected chi connectivity index (χ3v) is 5.73. The monoisotopic (exact) mass is 442 g/mol. The number of pyridine rings is 1. The van der Waals surface area contributed by atoms with Crippen LogP contribution in [0.2, 0.25) is 0 Å². The number of imidazole rings is 1. The van der Waals surface area contributed by atoms with E-state index < -0.39 is 23.5 Å². The van der Waals surface area contributed by atoms with Gasteiger partial charge in [-0.1, -0.05) is 12.1 Å². The molecule has 1 fully saturated rings. The molecule has 1 unspecified atom stereocenters. The number of carbonyl (C=O) groups is 2. The molecule has 3 heterocycles. The molecule has 0 spiro atoms. The van der Waals surface area contributed by atoms with Gasteiger partial charge in [-0.15, -0.1) is 0 Å².